The van der Waals surface area contributed by atoms with Gasteiger partial charge in [0.1, 0.15) is 5.82 Å². The van der Waals surface area contributed by atoms with Crippen LogP contribution in [0.3, 0.4) is 0 Å². The van der Waals surface area contributed by atoms with Crippen LogP contribution in [0.25, 0.3) is 0 Å². The van der Waals surface area contributed by atoms with E-state index in [0.717, 1.165) is 6.26 Å². The van der Waals surface area contributed by atoms with Crippen molar-refractivity contribution in [3.8, 4) is 0 Å². The van der Waals surface area contributed by atoms with Crippen molar-refractivity contribution in [2.45, 2.75) is 17.6 Å². The van der Waals surface area contributed by atoms with Crippen LogP contribution in [0, 0.1) is 5.82 Å². The topological polar surface area (TPSA) is 75.3 Å². The maximum Gasteiger partial charge on any atom is 0.246 e. The first kappa shape index (κ1) is 19.3. The van der Waals surface area contributed by atoms with Gasteiger partial charge in [-0.15, -0.1) is 12.4 Å². The summed E-state index contributed by atoms with van der Waals surface area (Å²) in [6.07, 6.45) is 1.40. The molecule has 1 saturated heterocycles. The molecule has 2 N–H and O–H groups in total. The summed E-state index contributed by atoms with van der Waals surface area (Å²) in [6, 6.07) is 4.19. The van der Waals surface area contributed by atoms with Crippen LogP contribution in [-0.2, 0) is 14.6 Å². The number of anilines is 1. The van der Waals surface area contributed by atoms with Gasteiger partial charge in [0.2, 0.25) is 5.91 Å². The number of carbonyl (C=O) groups is 1. The van der Waals surface area contributed by atoms with E-state index in [1.165, 1.54) is 12.1 Å². The molecule has 1 fully saturated rings. The molecule has 2 rings (SSSR count). The summed E-state index contributed by atoms with van der Waals surface area (Å²) in [4.78, 5) is 12.5. The van der Waals surface area contributed by atoms with Crippen LogP contribution in [0.1, 0.15) is 12.8 Å². The Labute approximate surface area is 143 Å². The molecule has 0 spiro atoms. The molecular weight excluding hydrogens is 399 g/mol. The first-order valence-electron chi connectivity index (χ1n) is 6.43. The van der Waals surface area contributed by atoms with Gasteiger partial charge in [0.25, 0.3) is 0 Å². The second kappa shape index (κ2) is 7.25. The molecule has 9 heteroatoms. The van der Waals surface area contributed by atoms with E-state index >= 15 is 0 Å². The maximum atomic E-state index is 13.8. The SMILES string of the molecule is CS(=O)(=O)C1(C(=O)Nc2ccc(Br)cc2F)CCNCC1.Cl. The number of benzene rings is 1. The zero-order chi connectivity index (χ0) is 15.7. The Morgan fingerprint density at radius 3 is 2.45 bits per heavy atom. The highest BCUT2D eigenvalue weighted by molar-refractivity contribution is 9.10. The molecule has 1 aromatic rings. The number of hydrogen-bond donors (Lipinski definition) is 2. The smallest absolute Gasteiger partial charge is 0.246 e. The molecule has 0 bridgehead atoms. The molecule has 1 aliphatic heterocycles. The van der Waals surface area contributed by atoms with Crippen LogP contribution >= 0.6 is 28.3 Å². The van der Waals surface area contributed by atoms with Gasteiger partial charge >= 0.3 is 0 Å². The lowest BCUT2D eigenvalue weighted by Crippen LogP contribution is -2.55. The van der Waals surface area contributed by atoms with Crippen LogP contribution in [0.2, 0.25) is 0 Å². The summed E-state index contributed by atoms with van der Waals surface area (Å²) < 4.78 is 37.0. The number of hydrogen-bond acceptors (Lipinski definition) is 4. The van der Waals surface area contributed by atoms with Crippen LogP contribution in [0.15, 0.2) is 22.7 Å². The summed E-state index contributed by atoms with van der Waals surface area (Å²) in [5, 5.41) is 5.44. The zero-order valence-corrected chi connectivity index (χ0v) is 15.1. The third kappa shape index (κ3) is 3.79. The minimum Gasteiger partial charge on any atom is -0.322 e. The molecule has 0 radical (unpaired) electrons. The molecule has 0 saturated carbocycles. The van der Waals surface area contributed by atoms with E-state index in [1.807, 2.05) is 0 Å². The Bertz CT molecular complexity index is 663. The molecule has 1 aliphatic rings. The van der Waals surface area contributed by atoms with Crippen molar-refractivity contribution in [2.24, 2.45) is 0 Å². The number of piperidine rings is 1. The third-order valence-corrected chi connectivity index (χ3v) is 6.22. The van der Waals surface area contributed by atoms with E-state index in [0.29, 0.717) is 17.6 Å². The highest BCUT2D eigenvalue weighted by atomic mass is 79.9. The quantitative estimate of drug-likeness (QED) is 0.793. The Kier molecular flexibility index (Phi) is 6.37. The Morgan fingerprint density at radius 2 is 1.95 bits per heavy atom. The average molecular weight is 416 g/mol. The minimum atomic E-state index is -3.61. The van der Waals surface area contributed by atoms with Gasteiger partial charge in [0.05, 0.1) is 5.69 Å². The number of nitrogens with one attached hydrogen (secondary N) is 2. The van der Waals surface area contributed by atoms with Gasteiger partial charge in [-0.1, -0.05) is 15.9 Å². The fraction of sp³-hybridized carbons (Fsp3) is 0.462. The molecular formula is C13H17BrClFN2O3S. The fourth-order valence-corrected chi connectivity index (χ4v) is 4.09. The van der Waals surface area contributed by atoms with E-state index in [4.69, 9.17) is 0 Å². The highest BCUT2D eigenvalue weighted by Gasteiger charge is 2.48. The molecule has 1 aromatic carbocycles. The Hall–Kier alpha value is -0.700. The average Bonchev–Trinajstić information content (AvgIpc) is 2.41. The van der Waals surface area contributed by atoms with Crippen molar-refractivity contribution >= 4 is 49.8 Å². The van der Waals surface area contributed by atoms with Crippen molar-refractivity contribution in [1.29, 1.82) is 0 Å². The lowest BCUT2D eigenvalue weighted by molar-refractivity contribution is -0.119. The van der Waals surface area contributed by atoms with Gasteiger partial charge in [0.15, 0.2) is 14.6 Å². The number of halogens is 3. The van der Waals surface area contributed by atoms with E-state index in [-0.39, 0.29) is 30.9 Å². The van der Waals surface area contributed by atoms with Gasteiger partial charge in [-0.3, -0.25) is 4.79 Å². The van der Waals surface area contributed by atoms with Crippen LogP contribution < -0.4 is 10.6 Å². The van der Waals surface area contributed by atoms with Crippen molar-refractivity contribution < 1.29 is 17.6 Å². The Balaban J connectivity index is 0.00000242. The minimum absolute atomic E-state index is 0. The first-order valence-corrected chi connectivity index (χ1v) is 9.11. The molecule has 0 unspecified atom stereocenters. The summed E-state index contributed by atoms with van der Waals surface area (Å²) in [5.41, 5.74) is -0.0234. The predicted octanol–water partition coefficient (Wildman–Crippen LogP) is 2.12. The van der Waals surface area contributed by atoms with Crippen molar-refractivity contribution in [1.82, 2.24) is 5.32 Å². The number of sulfone groups is 1. The number of amides is 1. The lowest BCUT2D eigenvalue weighted by atomic mass is 9.95. The molecule has 1 amide bonds. The third-order valence-electron chi connectivity index (χ3n) is 3.71. The van der Waals surface area contributed by atoms with Crippen LogP contribution in [0.4, 0.5) is 10.1 Å². The van der Waals surface area contributed by atoms with Gasteiger partial charge in [0, 0.05) is 10.7 Å². The Morgan fingerprint density at radius 1 is 1.36 bits per heavy atom. The van der Waals surface area contributed by atoms with Crippen LogP contribution in [0.5, 0.6) is 0 Å². The molecule has 0 atom stereocenters. The van der Waals surface area contributed by atoms with Crippen molar-refractivity contribution in [3.05, 3.63) is 28.5 Å². The summed E-state index contributed by atoms with van der Waals surface area (Å²) in [6.45, 7) is 0.868. The molecule has 1 heterocycles. The molecule has 5 nitrogen and oxygen atoms in total. The van der Waals surface area contributed by atoms with Gasteiger partial charge in [-0.05, 0) is 44.1 Å². The standard InChI is InChI=1S/C13H16BrFN2O3S.ClH/c1-21(19,20)13(4-6-16-7-5-13)12(18)17-11-3-2-9(14)8-10(11)15;/h2-3,8,16H,4-7H2,1H3,(H,17,18);1H. The maximum absolute atomic E-state index is 13.8. The molecule has 22 heavy (non-hydrogen) atoms. The number of carbonyl (C=O) groups excluding carboxylic acids is 1. The fourth-order valence-electron chi connectivity index (χ4n) is 2.42. The molecule has 0 aromatic heterocycles. The second-order valence-corrected chi connectivity index (χ2v) is 8.34. The summed E-state index contributed by atoms with van der Waals surface area (Å²) in [7, 11) is -3.61. The normalized spacial score (nSPS) is 17.4. The van der Waals surface area contributed by atoms with E-state index < -0.39 is 26.3 Å². The van der Waals surface area contributed by atoms with E-state index in [2.05, 4.69) is 26.6 Å². The largest absolute Gasteiger partial charge is 0.322 e. The van der Waals surface area contributed by atoms with Crippen LogP contribution in [-0.4, -0.2) is 38.4 Å². The summed E-state index contributed by atoms with van der Waals surface area (Å²) >= 11 is 3.12. The van der Waals surface area contributed by atoms with Crippen molar-refractivity contribution in [3.63, 3.8) is 0 Å². The number of rotatable bonds is 3. The van der Waals surface area contributed by atoms with Gasteiger partial charge in [-0.2, -0.15) is 0 Å². The first-order chi connectivity index (χ1) is 9.76. The van der Waals surface area contributed by atoms with E-state index in [9.17, 15) is 17.6 Å². The van der Waals surface area contributed by atoms with Crippen molar-refractivity contribution in [2.75, 3.05) is 24.7 Å². The predicted molar refractivity (Wildman–Crippen MR) is 89.7 cm³/mol. The zero-order valence-electron chi connectivity index (χ0n) is 11.9. The molecule has 0 aliphatic carbocycles. The van der Waals surface area contributed by atoms with Gasteiger partial charge in [-0.25, -0.2) is 12.8 Å². The molecule has 124 valence electrons. The highest BCUT2D eigenvalue weighted by Crippen LogP contribution is 2.30. The van der Waals surface area contributed by atoms with Gasteiger partial charge < -0.3 is 10.6 Å². The summed E-state index contributed by atoms with van der Waals surface area (Å²) in [5.74, 6) is -1.29. The lowest BCUT2D eigenvalue weighted by Gasteiger charge is -2.34. The van der Waals surface area contributed by atoms with E-state index in [1.54, 1.807) is 6.07 Å². The monoisotopic (exact) mass is 414 g/mol. The second-order valence-electron chi connectivity index (χ2n) is 5.09.